The summed E-state index contributed by atoms with van der Waals surface area (Å²) < 4.78 is 17.2. The van der Waals surface area contributed by atoms with Crippen molar-refractivity contribution in [1.29, 1.82) is 0 Å². The molecule has 0 unspecified atom stereocenters. The summed E-state index contributed by atoms with van der Waals surface area (Å²) in [5.74, 6) is -1.50. The van der Waals surface area contributed by atoms with E-state index in [0.717, 1.165) is 0 Å². The zero-order chi connectivity index (χ0) is 7.33. The lowest BCUT2D eigenvalue weighted by atomic mass is 10.4. The fourth-order valence-corrected chi connectivity index (χ4v) is 0.398. The van der Waals surface area contributed by atoms with Crippen LogP contribution in [-0.2, 0) is 4.74 Å². The summed E-state index contributed by atoms with van der Waals surface area (Å²) >= 11 is 0. The highest BCUT2D eigenvalue weighted by atomic mass is 19.2. The number of nitrogens with two attached hydrogens (primary N) is 1. The van der Waals surface area contributed by atoms with E-state index in [1.807, 2.05) is 0 Å². The molecule has 0 amide bonds. The van der Waals surface area contributed by atoms with E-state index in [9.17, 15) is 4.39 Å². The van der Waals surface area contributed by atoms with E-state index >= 15 is 0 Å². The topological polar surface area (TPSA) is 35.2 Å². The Morgan fingerprint density at radius 1 is 1.56 bits per heavy atom. The third kappa shape index (κ3) is 7.85. The summed E-state index contributed by atoms with van der Waals surface area (Å²) in [5.41, 5.74) is 5.16. The molecule has 0 aliphatic rings. The molecule has 3 heteroatoms. The fraction of sp³-hybridized carbons (Fsp3) is 1.00. The highest BCUT2D eigenvalue weighted by Gasteiger charge is 2.13. The minimum atomic E-state index is -1.50. The molecule has 0 heterocycles. The minimum Gasteiger partial charge on any atom is -0.346 e. The SMILES string of the molecule is CC(C)(F)OCCCN. The van der Waals surface area contributed by atoms with E-state index < -0.39 is 5.85 Å². The van der Waals surface area contributed by atoms with E-state index in [2.05, 4.69) is 0 Å². The van der Waals surface area contributed by atoms with Crippen molar-refractivity contribution in [3.63, 3.8) is 0 Å². The standard InChI is InChI=1S/C6H14FNO/c1-6(2,7)9-5-3-4-8/h3-5,8H2,1-2H3. The van der Waals surface area contributed by atoms with Crippen LogP contribution in [0.3, 0.4) is 0 Å². The van der Waals surface area contributed by atoms with Gasteiger partial charge in [0.2, 0.25) is 5.85 Å². The second-order valence-corrected chi connectivity index (χ2v) is 2.35. The van der Waals surface area contributed by atoms with Gasteiger partial charge in [-0.2, -0.15) is 0 Å². The van der Waals surface area contributed by atoms with Crippen molar-refractivity contribution >= 4 is 0 Å². The number of hydrogen-bond acceptors (Lipinski definition) is 2. The number of ether oxygens (including phenoxy) is 1. The molecule has 0 rings (SSSR count). The molecule has 0 bridgehead atoms. The second kappa shape index (κ2) is 3.80. The normalized spacial score (nSPS) is 12.0. The molecule has 0 aliphatic heterocycles. The minimum absolute atomic E-state index is 0.403. The predicted molar refractivity (Wildman–Crippen MR) is 34.8 cm³/mol. The zero-order valence-corrected chi connectivity index (χ0v) is 5.98. The summed E-state index contributed by atoms with van der Waals surface area (Å²) in [6.45, 7) is 3.71. The molecule has 0 fully saturated rings. The molecule has 2 N–H and O–H groups in total. The third-order valence-corrected chi connectivity index (χ3v) is 0.794. The van der Waals surface area contributed by atoms with Gasteiger partial charge in [0.15, 0.2) is 0 Å². The van der Waals surface area contributed by atoms with E-state index in [1.54, 1.807) is 0 Å². The van der Waals surface area contributed by atoms with Gasteiger partial charge in [-0.1, -0.05) is 0 Å². The first-order chi connectivity index (χ1) is 4.06. The average molecular weight is 135 g/mol. The van der Waals surface area contributed by atoms with Crippen LogP contribution in [0.25, 0.3) is 0 Å². The molecule has 0 spiro atoms. The van der Waals surface area contributed by atoms with Crippen LogP contribution in [0.5, 0.6) is 0 Å². The first-order valence-corrected chi connectivity index (χ1v) is 3.09. The molecular formula is C6H14FNO. The van der Waals surface area contributed by atoms with Gasteiger partial charge in [-0.3, -0.25) is 0 Å². The maximum absolute atomic E-state index is 12.4. The summed E-state index contributed by atoms with van der Waals surface area (Å²) in [7, 11) is 0. The van der Waals surface area contributed by atoms with Gasteiger partial charge in [-0.05, 0) is 26.8 Å². The Kier molecular flexibility index (Phi) is 3.73. The average Bonchev–Trinajstić information content (AvgIpc) is 1.63. The van der Waals surface area contributed by atoms with Crippen molar-refractivity contribution in [1.82, 2.24) is 0 Å². The summed E-state index contributed by atoms with van der Waals surface area (Å²) in [4.78, 5) is 0. The summed E-state index contributed by atoms with van der Waals surface area (Å²) in [6, 6.07) is 0. The van der Waals surface area contributed by atoms with Gasteiger partial charge < -0.3 is 10.5 Å². The number of hydrogen-bond donors (Lipinski definition) is 1. The smallest absolute Gasteiger partial charge is 0.203 e. The van der Waals surface area contributed by atoms with Crippen molar-refractivity contribution in [2.24, 2.45) is 5.73 Å². The van der Waals surface area contributed by atoms with Gasteiger partial charge in [-0.15, -0.1) is 0 Å². The van der Waals surface area contributed by atoms with Crippen molar-refractivity contribution < 1.29 is 9.13 Å². The van der Waals surface area contributed by atoms with Crippen LogP contribution in [0.2, 0.25) is 0 Å². The van der Waals surface area contributed by atoms with Gasteiger partial charge in [0.25, 0.3) is 0 Å². The van der Waals surface area contributed by atoms with Crippen LogP contribution in [-0.4, -0.2) is 19.0 Å². The number of alkyl halides is 1. The summed E-state index contributed by atoms with van der Waals surface area (Å²) in [5, 5.41) is 0. The molecule has 0 aromatic rings. The highest BCUT2D eigenvalue weighted by Crippen LogP contribution is 2.09. The van der Waals surface area contributed by atoms with Crippen molar-refractivity contribution in [3.8, 4) is 0 Å². The Balaban J connectivity index is 3.07. The van der Waals surface area contributed by atoms with Crippen molar-refractivity contribution in [3.05, 3.63) is 0 Å². The Morgan fingerprint density at radius 2 is 2.11 bits per heavy atom. The van der Waals surface area contributed by atoms with E-state index in [-0.39, 0.29) is 0 Å². The zero-order valence-electron chi connectivity index (χ0n) is 5.98. The Labute approximate surface area is 55.2 Å². The molecule has 0 aromatic carbocycles. The van der Waals surface area contributed by atoms with Gasteiger partial charge in [0.05, 0.1) is 6.61 Å². The maximum Gasteiger partial charge on any atom is 0.203 e. The number of halogens is 1. The molecule has 2 nitrogen and oxygen atoms in total. The molecule has 0 saturated carbocycles. The first kappa shape index (κ1) is 8.85. The Hall–Kier alpha value is -0.150. The van der Waals surface area contributed by atoms with Crippen LogP contribution in [0.15, 0.2) is 0 Å². The van der Waals surface area contributed by atoms with Crippen molar-refractivity contribution in [2.75, 3.05) is 13.2 Å². The van der Waals surface area contributed by atoms with Crippen molar-refractivity contribution in [2.45, 2.75) is 26.1 Å². The molecular weight excluding hydrogens is 121 g/mol. The Bertz CT molecular complexity index is 69.9. The van der Waals surface area contributed by atoms with Crippen LogP contribution in [0.1, 0.15) is 20.3 Å². The molecule has 0 aliphatic carbocycles. The molecule has 0 saturated heterocycles. The maximum atomic E-state index is 12.4. The van der Waals surface area contributed by atoms with E-state index in [4.69, 9.17) is 10.5 Å². The molecule has 0 radical (unpaired) electrons. The van der Waals surface area contributed by atoms with Crippen LogP contribution in [0.4, 0.5) is 4.39 Å². The first-order valence-electron chi connectivity index (χ1n) is 3.09. The van der Waals surface area contributed by atoms with Crippen LogP contribution < -0.4 is 5.73 Å². The van der Waals surface area contributed by atoms with Gasteiger partial charge in [0.1, 0.15) is 0 Å². The lowest BCUT2D eigenvalue weighted by molar-refractivity contribution is -0.116. The fourth-order valence-electron chi connectivity index (χ4n) is 0.398. The van der Waals surface area contributed by atoms with Gasteiger partial charge >= 0.3 is 0 Å². The summed E-state index contributed by atoms with van der Waals surface area (Å²) in [6.07, 6.45) is 0.716. The highest BCUT2D eigenvalue weighted by molar-refractivity contribution is 4.48. The number of rotatable bonds is 4. The molecule has 56 valence electrons. The Morgan fingerprint density at radius 3 is 2.44 bits per heavy atom. The largest absolute Gasteiger partial charge is 0.346 e. The molecule has 0 aromatic heterocycles. The second-order valence-electron chi connectivity index (χ2n) is 2.35. The molecule has 0 atom stereocenters. The monoisotopic (exact) mass is 135 g/mol. The van der Waals surface area contributed by atoms with Crippen LogP contribution in [0, 0.1) is 0 Å². The van der Waals surface area contributed by atoms with E-state index in [0.29, 0.717) is 19.6 Å². The van der Waals surface area contributed by atoms with Gasteiger partial charge in [0, 0.05) is 0 Å². The predicted octanol–water partition coefficient (Wildman–Crippen LogP) is 1.06. The third-order valence-electron chi connectivity index (χ3n) is 0.794. The lowest BCUT2D eigenvalue weighted by Crippen LogP contribution is -2.19. The molecule has 9 heavy (non-hydrogen) atoms. The van der Waals surface area contributed by atoms with Gasteiger partial charge in [-0.25, -0.2) is 4.39 Å². The van der Waals surface area contributed by atoms with E-state index in [1.165, 1.54) is 13.8 Å². The lowest BCUT2D eigenvalue weighted by Gasteiger charge is -2.14. The quantitative estimate of drug-likeness (QED) is 0.585. The van der Waals surface area contributed by atoms with Crippen LogP contribution >= 0.6 is 0 Å².